The lowest BCUT2D eigenvalue weighted by Crippen LogP contribution is -2.33. The van der Waals surface area contributed by atoms with E-state index in [1.807, 2.05) is 18.2 Å². The molecule has 1 aromatic carbocycles. The summed E-state index contributed by atoms with van der Waals surface area (Å²) in [4.78, 5) is 2.38. The van der Waals surface area contributed by atoms with Crippen molar-refractivity contribution in [2.24, 2.45) is 0 Å². The highest BCUT2D eigenvalue weighted by molar-refractivity contribution is 5.41. The minimum absolute atomic E-state index is 0.549. The molecule has 4 heteroatoms. The Labute approximate surface area is 121 Å². The number of hydrogen-bond donors (Lipinski definition) is 1. The highest BCUT2D eigenvalue weighted by atomic mass is 16.5. The molecule has 0 spiro atoms. The van der Waals surface area contributed by atoms with Gasteiger partial charge in [0.1, 0.15) is 11.5 Å². The molecule has 2 rings (SSSR count). The number of methoxy groups -OCH3 is 2. The monoisotopic (exact) mass is 279 g/mol. The van der Waals surface area contributed by atoms with Gasteiger partial charge in [-0.3, -0.25) is 4.90 Å². The van der Waals surface area contributed by atoms with Gasteiger partial charge in [0, 0.05) is 18.2 Å². The average Bonchev–Trinajstić information content (AvgIpc) is 2.93. The first-order chi connectivity index (χ1) is 9.69. The molecule has 0 aromatic heterocycles. The van der Waals surface area contributed by atoms with Gasteiger partial charge in [-0.15, -0.1) is 0 Å². The van der Waals surface area contributed by atoms with Gasteiger partial charge in [0.05, 0.1) is 20.3 Å². The van der Waals surface area contributed by atoms with E-state index < -0.39 is 6.10 Å². The van der Waals surface area contributed by atoms with Crippen molar-refractivity contribution in [3.05, 3.63) is 23.8 Å². The van der Waals surface area contributed by atoms with Gasteiger partial charge in [0.2, 0.25) is 0 Å². The molecule has 4 nitrogen and oxygen atoms in total. The Balaban J connectivity index is 2.13. The fraction of sp³-hybridized carbons (Fsp3) is 0.625. The fourth-order valence-electron chi connectivity index (χ4n) is 3.02. The van der Waals surface area contributed by atoms with E-state index in [4.69, 9.17) is 9.47 Å². The molecule has 0 radical (unpaired) electrons. The molecule has 1 heterocycles. The van der Waals surface area contributed by atoms with Crippen molar-refractivity contribution < 1.29 is 14.6 Å². The van der Waals surface area contributed by atoms with Crippen LogP contribution in [0.1, 0.15) is 37.9 Å². The number of β-amino-alcohol motifs (C(OH)–C–C–N with tert-alkyl or cyclic N) is 1. The summed E-state index contributed by atoms with van der Waals surface area (Å²) in [5.41, 5.74) is 0.800. The second kappa shape index (κ2) is 6.95. The van der Waals surface area contributed by atoms with Crippen molar-refractivity contribution >= 4 is 0 Å². The maximum atomic E-state index is 10.5. The molecule has 1 aromatic rings. The Bertz CT molecular complexity index is 436. The van der Waals surface area contributed by atoms with Crippen LogP contribution in [-0.4, -0.2) is 43.4 Å². The van der Waals surface area contributed by atoms with Crippen LogP contribution in [0.3, 0.4) is 0 Å². The first-order valence-corrected chi connectivity index (χ1v) is 7.33. The zero-order chi connectivity index (χ0) is 14.5. The molecule has 1 fully saturated rings. The molecule has 0 saturated carbocycles. The minimum Gasteiger partial charge on any atom is -0.497 e. The Hall–Kier alpha value is -1.26. The van der Waals surface area contributed by atoms with Gasteiger partial charge in [-0.2, -0.15) is 0 Å². The lowest BCUT2D eigenvalue weighted by Gasteiger charge is -2.26. The van der Waals surface area contributed by atoms with Crippen molar-refractivity contribution in [2.45, 2.75) is 38.3 Å². The molecule has 1 N–H and O–H groups in total. The van der Waals surface area contributed by atoms with Crippen molar-refractivity contribution in [2.75, 3.05) is 27.3 Å². The topological polar surface area (TPSA) is 41.9 Å². The summed E-state index contributed by atoms with van der Waals surface area (Å²) in [5.74, 6) is 1.46. The molecule has 1 aliphatic heterocycles. The summed E-state index contributed by atoms with van der Waals surface area (Å²) in [6.07, 6.45) is 3.05. The Morgan fingerprint density at radius 1 is 1.35 bits per heavy atom. The van der Waals surface area contributed by atoms with Crippen LogP contribution in [0.25, 0.3) is 0 Å². The third kappa shape index (κ3) is 3.25. The smallest absolute Gasteiger partial charge is 0.124 e. The van der Waals surface area contributed by atoms with Gasteiger partial charge in [-0.1, -0.05) is 6.92 Å². The SMILES string of the molecule is CCC1CCCN1CC(O)c1cc(OC)ccc1OC. The third-order valence-corrected chi connectivity index (χ3v) is 4.17. The molecule has 2 atom stereocenters. The molecule has 112 valence electrons. The van der Waals surface area contributed by atoms with Crippen molar-refractivity contribution in [1.29, 1.82) is 0 Å². The molecule has 1 saturated heterocycles. The normalized spacial score (nSPS) is 20.9. The molecule has 0 aliphatic carbocycles. The molecule has 20 heavy (non-hydrogen) atoms. The number of nitrogens with zero attached hydrogens (tertiary/aromatic N) is 1. The molecular formula is C16H25NO3. The van der Waals surface area contributed by atoms with Crippen LogP contribution in [0.15, 0.2) is 18.2 Å². The van der Waals surface area contributed by atoms with Gasteiger partial charge < -0.3 is 14.6 Å². The quantitative estimate of drug-likeness (QED) is 0.869. The van der Waals surface area contributed by atoms with E-state index in [1.165, 1.54) is 12.8 Å². The Morgan fingerprint density at radius 2 is 2.15 bits per heavy atom. The average molecular weight is 279 g/mol. The molecule has 0 bridgehead atoms. The van der Waals surface area contributed by atoms with Crippen LogP contribution in [0.4, 0.5) is 0 Å². The van der Waals surface area contributed by atoms with Gasteiger partial charge >= 0.3 is 0 Å². The first-order valence-electron chi connectivity index (χ1n) is 7.33. The van der Waals surface area contributed by atoms with Crippen LogP contribution < -0.4 is 9.47 Å². The van der Waals surface area contributed by atoms with E-state index in [0.29, 0.717) is 18.3 Å². The van der Waals surface area contributed by atoms with Gasteiger partial charge in [-0.25, -0.2) is 0 Å². The Morgan fingerprint density at radius 3 is 2.80 bits per heavy atom. The zero-order valence-corrected chi connectivity index (χ0v) is 12.6. The predicted octanol–water partition coefficient (Wildman–Crippen LogP) is 2.61. The maximum absolute atomic E-state index is 10.5. The molecule has 0 amide bonds. The van der Waals surface area contributed by atoms with Gasteiger partial charge in [0.15, 0.2) is 0 Å². The summed E-state index contributed by atoms with van der Waals surface area (Å²) in [6.45, 7) is 3.94. The lowest BCUT2D eigenvalue weighted by molar-refractivity contribution is 0.103. The van der Waals surface area contributed by atoms with E-state index in [9.17, 15) is 5.11 Å². The molecule has 1 aliphatic rings. The van der Waals surface area contributed by atoms with Crippen LogP contribution in [0.2, 0.25) is 0 Å². The van der Waals surface area contributed by atoms with E-state index in [2.05, 4.69) is 11.8 Å². The number of aliphatic hydroxyl groups excluding tert-OH is 1. The van der Waals surface area contributed by atoms with Crippen LogP contribution in [0, 0.1) is 0 Å². The van der Waals surface area contributed by atoms with E-state index >= 15 is 0 Å². The highest BCUT2D eigenvalue weighted by Crippen LogP contribution is 2.31. The standard InChI is InChI=1S/C16H25NO3/c1-4-12-6-5-9-17(12)11-15(18)14-10-13(19-2)7-8-16(14)20-3/h7-8,10,12,15,18H,4-6,9,11H2,1-3H3. The van der Waals surface area contributed by atoms with Crippen LogP contribution in [0.5, 0.6) is 11.5 Å². The van der Waals surface area contributed by atoms with E-state index in [0.717, 1.165) is 24.3 Å². The number of rotatable bonds is 6. The van der Waals surface area contributed by atoms with Crippen molar-refractivity contribution in [3.8, 4) is 11.5 Å². The number of likely N-dealkylation sites (tertiary alicyclic amines) is 1. The fourth-order valence-corrected chi connectivity index (χ4v) is 3.02. The second-order valence-corrected chi connectivity index (χ2v) is 5.32. The molecular weight excluding hydrogens is 254 g/mol. The summed E-state index contributed by atoms with van der Waals surface area (Å²) >= 11 is 0. The predicted molar refractivity (Wildman–Crippen MR) is 79.4 cm³/mol. The van der Waals surface area contributed by atoms with E-state index in [-0.39, 0.29) is 0 Å². The lowest BCUT2D eigenvalue weighted by atomic mass is 10.1. The largest absolute Gasteiger partial charge is 0.497 e. The summed E-state index contributed by atoms with van der Waals surface area (Å²) in [7, 11) is 3.26. The first kappa shape index (κ1) is 15.1. The maximum Gasteiger partial charge on any atom is 0.124 e. The summed E-state index contributed by atoms with van der Waals surface area (Å²) in [5, 5.41) is 10.5. The minimum atomic E-state index is -0.549. The summed E-state index contributed by atoms with van der Waals surface area (Å²) in [6, 6.07) is 6.15. The van der Waals surface area contributed by atoms with Gasteiger partial charge in [-0.05, 0) is 44.0 Å². The van der Waals surface area contributed by atoms with Crippen molar-refractivity contribution in [3.63, 3.8) is 0 Å². The number of benzene rings is 1. The number of hydrogen-bond acceptors (Lipinski definition) is 4. The third-order valence-electron chi connectivity index (χ3n) is 4.17. The summed E-state index contributed by atoms with van der Waals surface area (Å²) < 4.78 is 10.6. The van der Waals surface area contributed by atoms with Crippen LogP contribution >= 0.6 is 0 Å². The number of ether oxygens (including phenoxy) is 2. The Kier molecular flexibility index (Phi) is 5.26. The highest BCUT2D eigenvalue weighted by Gasteiger charge is 2.26. The van der Waals surface area contributed by atoms with Crippen molar-refractivity contribution in [1.82, 2.24) is 4.90 Å². The molecule has 2 unspecified atom stereocenters. The second-order valence-electron chi connectivity index (χ2n) is 5.32. The number of aliphatic hydroxyl groups is 1. The van der Waals surface area contributed by atoms with Crippen LogP contribution in [-0.2, 0) is 0 Å². The van der Waals surface area contributed by atoms with E-state index in [1.54, 1.807) is 14.2 Å². The van der Waals surface area contributed by atoms with Gasteiger partial charge in [0.25, 0.3) is 0 Å². The zero-order valence-electron chi connectivity index (χ0n) is 12.6.